The van der Waals surface area contributed by atoms with E-state index in [1.54, 1.807) is 0 Å². The highest BCUT2D eigenvalue weighted by molar-refractivity contribution is 5.79. The Bertz CT molecular complexity index is 588. The topological polar surface area (TPSA) is 45.7 Å². The van der Waals surface area contributed by atoms with Crippen LogP contribution in [0.2, 0.25) is 0 Å². The molecule has 22 heavy (non-hydrogen) atoms. The van der Waals surface area contributed by atoms with Gasteiger partial charge in [-0.1, -0.05) is 30.3 Å². The Morgan fingerprint density at radius 2 is 1.59 bits per heavy atom. The zero-order valence-corrected chi connectivity index (χ0v) is 13.2. The van der Waals surface area contributed by atoms with Crippen LogP contribution in [0.25, 0.3) is 0 Å². The highest BCUT2D eigenvalue weighted by Gasteiger charge is 2.00. The Morgan fingerprint density at radius 3 is 2.27 bits per heavy atom. The number of aliphatic imine (C=N–C) groups is 1. The Morgan fingerprint density at radius 1 is 0.909 bits per heavy atom. The molecule has 4 nitrogen and oxygen atoms in total. The highest BCUT2D eigenvalue weighted by atomic mass is 16.5. The molecule has 0 unspecified atom stereocenters. The molecule has 4 heteroatoms. The number of benzene rings is 2. The van der Waals surface area contributed by atoms with Gasteiger partial charge in [-0.3, -0.25) is 0 Å². The molecule has 2 N–H and O–H groups in total. The summed E-state index contributed by atoms with van der Waals surface area (Å²) >= 11 is 0. The first-order chi connectivity index (χ1) is 10.8. The Labute approximate surface area is 132 Å². The van der Waals surface area contributed by atoms with E-state index in [0.717, 1.165) is 36.1 Å². The van der Waals surface area contributed by atoms with Crippen LogP contribution in [0, 0.1) is 0 Å². The van der Waals surface area contributed by atoms with Crippen molar-refractivity contribution < 1.29 is 4.74 Å². The number of hydrogen-bond donors (Lipinski definition) is 2. The van der Waals surface area contributed by atoms with Crippen LogP contribution >= 0.6 is 0 Å². The second-order valence-electron chi connectivity index (χ2n) is 4.79. The van der Waals surface area contributed by atoms with E-state index in [0.29, 0.717) is 6.54 Å². The van der Waals surface area contributed by atoms with Crippen LogP contribution in [0.1, 0.15) is 19.4 Å². The molecular weight excluding hydrogens is 274 g/mol. The van der Waals surface area contributed by atoms with Crippen molar-refractivity contribution in [2.45, 2.75) is 20.4 Å². The van der Waals surface area contributed by atoms with Crippen molar-refractivity contribution in [3.63, 3.8) is 0 Å². The van der Waals surface area contributed by atoms with E-state index in [-0.39, 0.29) is 0 Å². The molecule has 0 heterocycles. The molecule has 0 spiro atoms. The molecular formula is C18H23N3O. The second kappa shape index (κ2) is 8.72. The molecule has 0 atom stereocenters. The SMILES string of the molecule is CCNC(=NCc1cccc(Oc2ccccc2)c1)NCC. The predicted octanol–water partition coefficient (Wildman–Crippen LogP) is 3.55. The van der Waals surface area contributed by atoms with Crippen molar-refractivity contribution in [3.8, 4) is 11.5 Å². The van der Waals surface area contributed by atoms with Crippen molar-refractivity contribution in [1.82, 2.24) is 10.6 Å². The number of nitrogens with one attached hydrogen (secondary N) is 2. The zero-order valence-electron chi connectivity index (χ0n) is 13.2. The minimum Gasteiger partial charge on any atom is -0.457 e. The van der Waals surface area contributed by atoms with Crippen LogP contribution < -0.4 is 15.4 Å². The smallest absolute Gasteiger partial charge is 0.191 e. The summed E-state index contributed by atoms with van der Waals surface area (Å²) in [5.41, 5.74) is 1.11. The third-order valence-corrected chi connectivity index (χ3v) is 2.99. The van der Waals surface area contributed by atoms with E-state index in [4.69, 9.17) is 4.74 Å². The maximum atomic E-state index is 5.84. The van der Waals surface area contributed by atoms with Gasteiger partial charge in [-0.05, 0) is 43.7 Å². The van der Waals surface area contributed by atoms with Gasteiger partial charge in [0.15, 0.2) is 5.96 Å². The molecule has 0 aliphatic heterocycles. The normalized spacial score (nSPS) is 9.91. The summed E-state index contributed by atoms with van der Waals surface area (Å²) in [6.45, 7) is 6.43. The van der Waals surface area contributed by atoms with Gasteiger partial charge in [0.25, 0.3) is 0 Å². The van der Waals surface area contributed by atoms with Crippen LogP contribution in [-0.4, -0.2) is 19.0 Å². The lowest BCUT2D eigenvalue weighted by Crippen LogP contribution is -2.36. The summed E-state index contributed by atoms with van der Waals surface area (Å²) in [7, 11) is 0. The fourth-order valence-electron chi connectivity index (χ4n) is 2.01. The minimum atomic E-state index is 0.612. The lowest BCUT2D eigenvalue weighted by Gasteiger charge is -2.10. The van der Waals surface area contributed by atoms with Crippen molar-refractivity contribution in [3.05, 3.63) is 60.2 Å². The van der Waals surface area contributed by atoms with Gasteiger partial charge in [0.1, 0.15) is 11.5 Å². The highest BCUT2D eigenvalue weighted by Crippen LogP contribution is 2.21. The quantitative estimate of drug-likeness (QED) is 0.633. The van der Waals surface area contributed by atoms with Crippen molar-refractivity contribution in [2.24, 2.45) is 4.99 Å². The van der Waals surface area contributed by atoms with Gasteiger partial charge < -0.3 is 15.4 Å². The number of ether oxygens (including phenoxy) is 1. The Kier molecular flexibility index (Phi) is 6.30. The first-order valence-electron chi connectivity index (χ1n) is 7.66. The van der Waals surface area contributed by atoms with Gasteiger partial charge in [0, 0.05) is 13.1 Å². The van der Waals surface area contributed by atoms with Gasteiger partial charge >= 0.3 is 0 Å². The summed E-state index contributed by atoms with van der Waals surface area (Å²) in [6.07, 6.45) is 0. The summed E-state index contributed by atoms with van der Waals surface area (Å²) in [5.74, 6) is 2.50. The molecule has 0 aliphatic rings. The lowest BCUT2D eigenvalue weighted by atomic mass is 10.2. The first kappa shape index (κ1) is 15.9. The summed E-state index contributed by atoms with van der Waals surface area (Å²) < 4.78 is 5.84. The lowest BCUT2D eigenvalue weighted by molar-refractivity contribution is 0.482. The molecule has 116 valence electrons. The number of rotatable bonds is 6. The van der Waals surface area contributed by atoms with Gasteiger partial charge in [0.2, 0.25) is 0 Å². The molecule has 0 aromatic heterocycles. The van der Waals surface area contributed by atoms with E-state index >= 15 is 0 Å². The molecule has 0 saturated carbocycles. The largest absolute Gasteiger partial charge is 0.457 e. The fourth-order valence-corrected chi connectivity index (χ4v) is 2.01. The average Bonchev–Trinajstić information content (AvgIpc) is 2.54. The Balaban J connectivity index is 2.03. The van der Waals surface area contributed by atoms with Gasteiger partial charge in [-0.25, -0.2) is 4.99 Å². The summed E-state index contributed by atoms with van der Waals surface area (Å²) in [4.78, 5) is 4.56. The molecule has 0 fully saturated rings. The van der Waals surface area contributed by atoms with Crippen LogP contribution in [0.3, 0.4) is 0 Å². The minimum absolute atomic E-state index is 0.612. The molecule has 0 bridgehead atoms. The second-order valence-corrected chi connectivity index (χ2v) is 4.79. The van der Waals surface area contributed by atoms with E-state index < -0.39 is 0 Å². The van der Waals surface area contributed by atoms with Gasteiger partial charge in [-0.2, -0.15) is 0 Å². The van der Waals surface area contributed by atoms with E-state index in [2.05, 4.69) is 35.5 Å². The van der Waals surface area contributed by atoms with Crippen LogP contribution in [0.15, 0.2) is 59.6 Å². The van der Waals surface area contributed by atoms with Crippen LogP contribution in [0.5, 0.6) is 11.5 Å². The van der Waals surface area contributed by atoms with E-state index in [1.165, 1.54) is 0 Å². The van der Waals surface area contributed by atoms with Gasteiger partial charge in [-0.15, -0.1) is 0 Å². The average molecular weight is 297 g/mol. The first-order valence-corrected chi connectivity index (χ1v) is 7.66. The number of para-hydroxylation sites is 1. The third kappa shape index (κ3) is 5.13. The molecule has 0 amide bonds. The maximum Gasteiger partial charge on any atom is 0.191 e. The summed E-state index contributed by atoms with van der Waals surface area (Å²) in [5, 5.41) is 6.43. The zero-order chi connectivity index (χ0) is 15.6. The van der Waals surface area contributed by atoms with Gasteiger partial charge in [0.05, 0.1) is 6.54 Å². The maximum absolute atomic E-state index is 5.84. The molecule has 0 aliphatic carbocycles. The molecule has 0 saturated heterocycles. The predicted molar refractivity (Wildman–Crippen MR) is 91.5 cm³/mol. The van der Waals surface area contributed by atoms with Crippen LogP contribution in [0.4, 0.5) is 0 Å². The number of nitrogens with zero attached hydrogens (tertiary/aromatic N) is 1. The number of guanidine groups is 1. The Hall–Kier alpha value is -2.49. The monoisotopic (exact) mass is 297 g/mol. The van der Waals surface area contributed by atoms with Crippen molar-refractivity contribution >= 4 is 5.96 Å². The fraction of sp³-hybridized carbons (Fsp3) is 0.278. The number of hydrogen-bond acceptors (Lipinski definition) is 2. The standard InChI is InChI=1S/C18H23N3O/c1-3-19-18(20-4-2)21-14-15-9-8-12-17(13-15)22-16-10-6-5-7-11-16/h5-13H,3-4,14H2,1-2H3,(H2,19,20,21). The molecule has 2 aromatic carbocycles. The summed E-state index contributed by atoms with van der Waals surface area (Å²) in [6, 6.07) is 17.8. The van der Waals surface area contributed by atoms with Crippen molar-refractivity contribution in [1.29, 1.82) is 0 Å². The molecule has 0 radical (unpaired) electrons. The van der Waals surface area contributed by atoms with E-state index in [1.807, 2.05) is 48.5 Å². The third-order valence-electron chi connectivity index (χ3n) is 2.99. The molecule has 2 aromatic rings. The molecule has 2 rings (SSSR count). The van der Waals surface area contributed by atoms with Crippen LogP contribution in [-0.2, 0) is 6.54 Å². The van der Waals surface area contributed by atoms with E-state index in [9.17, 15) is 0 Å². The van der Waals surface area contributed by atoms with Crippen molar-refractivity contribution in [2.75, 3.05) is 13.1 Å².